The molecular formula is C15H18N2O4. The number of hydrogen-bond donors (Lipinski definition) is 2. The molecule has 1 rings (SSSR count). The number of esters is 1. The number of ether oxygens (including phenoxy) is 1. The zero-order valence-corrected chi connectivity index (χ0v) is 12.0. The topological polar surface area (TPSA) is 84.5 Å². The van der Waals surface area contributed by atoms with Crippen LogP contribution < -0.4 is 10.6 Å². The summed E-state index contributed by atoms with van der Waals surface area (Å²) in [5, 5.41) is 5.14. The van der Waals surface area contributed by atoms with Gasteiger partial charge in [0.2, 0.25) is 11.8 Å². The zero-order valence-electron chi connectivity index (χ0n) is 12.0. The van der Waals surface area contributed by atoms with Gasteiger partial charge in [-0.3, -0.25) is 9.59 Å². The van der Waals surface area contributed by atoms with Gasteiger partial charge in [-0.05, 0) is 24.6 Å². The zero-order chi connectivity index (χ0) is 15.7. The predicted molar refractivity (Wildman–Crippen MR) is 78.6 cm³/mol. The number of rotatable bonds is 6. The molecule has 0 radical (unpaired) electrons. The summed E-state index contributed by atoms with van der Waals surface area (Å²) in [6, 6.07) is 6.88. The molecule has 0 aromatic heterocycles. The molecular weight excluding hydrogens is 272 g/mol. The van der Waals surface area contributed by atoms with Crippen LogP contribution in [0.4, 0.5) is 5.69 Å². The molecule has 0 heterocycles. The van der Waals surface area contributed by atoms with E-state index in [1.165, 1.54) is 0 Å². The molecule has 6 nitrogen and oxygen atoms in total. The predicted octanol–water partition coefficient (Wildman–Crippen LogP) is 1.03. The van der Waals surface area contributed by atoms with Crippen molar-refractivity contribution in [3.8, 4) is 0 Å². The van der Waals surface area contributed by atoms with Crippen molar-refractivity contribution in [2.24, 2.45) is 0 Å². The largest absolute Gasteiger partial charge is 0.463 e. The molecule has 0 saturated carbocycles. The van der Waals surface area contributed by atoms with Crippen molar-refractivity contribution in [3.63, 3.8) is 0 Å². The lowest BCUT2D eigenvalue weighted by atomic mass is 10.1. The van der Waals surface area contributed by atoms with Crippen LogP contribution in [0.25, 0.3) is 0 Å². The molecule has 0 bridgehead atoms. The second-order valence-corrected chi connectivity index (χ2v) is 4.12. The number of anilines is 1. The molecule has 0 aliphatic carbocycles. The highest BCUT2D eigenvalue weighted by Crippen LogP contribution is 2.10. The van der Waals surface area contributed by atoms with Crippen LogP contribution in [-0.4, -0.2) is 31.4 Å². The van der Waals surface area contributed by atoms with Crippen LogP contribution in [0.3, 0.4) is 0 Å². The number of benzene rings is 1. The van der Waals surface area contributed by atoms with Gasteiger partial charge < -0.3 is 15.4 Å². The van der Waals surface area contributed by atoms with Gasteiger partial charge in [0.25, 0.3) is 0 Å². The molecule has 0 unspecified atom stereocenters. The van der Waals surface area contributed by atoms with Crippen molar-refractivity contribution in [1.29, 1.82) is 0 Å². The maximum Gasteiger partial charge on any atom is 0.330 e. The highest BCUT2D eigenvalue weighted by atomic mass is 16.5. The van der Waals surface area contributed by atoms with Crippen molar-refractivity contribution < 1.29 is 19.1 Å². The fourth-order valence-electron chi connectivity index (χ4n) is 1.50. The Hall–Kier alpha value is -2.63. The summed E-state index contributed by atoms with van der Waals surface area (Å²) in [5.41, 5.74) is 1.42. The average Bonchev–Trinajstić information content (AvgIpc) is 2.47. The van der Waals surface area contributed by atoms with E-state index in [1.807, 2.05) is 0 Å². The summed E-state index contributed by atoms with van der Waals surface area (Å²) >= 11 is 0. The Kier molecular flexibility index (Phi) is 6.67. The number of amides is 2. The minimum atomic E-state index is -0.562. The fourth-order valence-corrected chi connectivity index (χ4v) is 1.50. The summed E-state index contributed by atoms with van der Waals surface area (Å²) in [4.78, 5) is 33.8. The molecule has 0 aliphatic rings. The van der Waals surface area contributed by atoms with Gasteiger partial charge in [0.05, 0.1) is 13.0 Å². The van der Waals surface area contributed by atoms with Gasteiger partial charge in [0.15, 0.2) is 0 Å². The van der Waals surface area contributed by atoms with E-state index < -0.39 is 11.9 Å². The first kappa shape index (κ1) is 16.4. The number of likely N-dealkylation sites (N-methyl/N-ethyl adjacent to an activating group) is 1. The number of carbonyl (C=O) groups is 3. The van der Waals surface area contributed by atoms with Crippen LogP contribution in [0.15, 0.2) is 36.4 Å². The smallest absolute Gasteiger partial charge is 0.330 e. The average molecular weight is 290 g/mol. The van der Waals surface area contributed by atoms with Crippen LogP contribution in [0.1, 0.15) is 12.5 Å². The second-order valence-electron chi connectivity index (χ2n) is 4.12. The highest BCUT2D eigenvalue weighted by Gasteiger charge is 2.03. The Morgan fingerprint density at radius 3 is 2.38 bits per heavy atom. The number of nitrogens with one attached hydrogen (secondary N) is 2. The van der Waals surface area contributed by atoms with Crippen LogP contribution in [0.5, 0.6) is 0 Å². The molecule has 1 aromatic rings. The molecule has 2 amide bonds. The van der Waals surface area contributed by atoms with E-state index in [0.29, 0.717) is 5.69 Å². The summed E-state index contributed by atoms with van der Waals surface area (Å²) in [6.07, 6.45) is 2.46. The molecule has 6 heteroatoms. The van der Waals surface area contributed by atoms with Crippen LogP contribution in [0.2, 0.25) is 0 Å². The minimum absolute atomic E-state index is 0.0795. The van der Waals surface area contributed by atoms with Crippen molar-refractivity contribution in [2.75, 3.05) is 19.0 Å². The summed E-state index contributed by atoms with van der Waals surface area (Å²) in [7, 11) is 1.58. The second kappa shape index (κ2) is 8.52. The Morgan fingerprint density at radius 2 is 1.81 bits per heavy atom. The third kappa shape index (κ3) is 6.38. The van der Waals surface area contributed by atoms with Crippen molar-refractivity contribution in [1.82, 2.24) is 5.32 Å². The lowest BCUT2D eigenvalue weighted by Gasteiger charge is -2.04. The van der Waals surface area contributed by atoms with Gasteiger partial charge in [-0.15, -0.1) is 0 Å². The first-order valence-electron chi connectivity index (χ1n) is 6.50. The molecule has 2 N–H and O–H groups in total. The normalized spacial score (nSPS) is 10.2. The number of carbonyl (C=O) groups excluding carboxylic acids is 3. The van der Waals surface area contributed by atoms with Crippen molar-refractivity contribution >= 4 is 23.5 Å². The van der Waals surface area contributed by atoms with Gasteiger partial charge in [0.1, 0.15) is 0 Å². The maximum atomic E-state index is 11.6. The quantitative estimate of drug-likeness (QED) is 0.605. The fraction of sp³-hybridized carbons (Fsp3) is 0.267. The van der Waals surface area contributed by atoms with Gasteiger partial charge in [-0.1, -0.05) is 12.1 Å². The molecule has 0 fully saturated rings. The van der Waals surface area contributed by atoms with Crippen molar-refractivity contribution in [2.45, 2.75) is 13.3 Å². The summed E-state index contributed by atoms with van der Waals surface area (Å²) in [6.45, 7) is 1.95. The van der Waals surface area contributed by atoms with Crippen molar-refractivity contribution in [3.05, 3.63) is 42.0 Å². The third-order valence-corrected chi connectivity index (χ3v) is 2.52. The van der Waals surface area contributed by atoms with E-state index in [2.05, 4.69) is 15.4 Å². The van der Waals surface area contributed by atoms with Crippen LogP contribution in [0, 0.1) is 0 Å². The van der Waals surface area contributed by atoms with E-state index in [1.54, 1.807) is 38.2 Å². The van der Waals surface area contributed by atoms with E-state index in [4.69, 9.17) is 0 Å². The van der Waals surface area contributed by atoms with E-state index in [-0.39, 0.29) is 18.9 Å². The van der Waals surface area contributed by atoms with Gasteiger partial charge in [-0.2, -0.15) is 0 Å². The maximum absolute atomic E-state index is 11.6. The molecule has 0 atom stereocenters. The first-order chi connectivity index (χ1) is 10.0. The van der Waals surface area contributed by atoms with Gasteiger partial charge >= 0.3 is 5.97 Å². The standard InChI is InChI=1S/C15H18N2O4/c1-3-21-15(20)9-8-13(18)17-12-6-4-11(5-7-12)10-14(19)16-2/h4-9H,3,10H2,1-2H3,(H,16,19)(H,17,18)/b9-8+. The van der Waals surface area contributed by atoms with Gasteiger partial charge in [-0.25, -0.2) is 4.79 Å². The Bertz CT molecular complexity index is 535. The summed E-state index contributed by atoms with van der Waals surface area (Å²) in [5.74, 6) is -1.07. The van der Waals surface area contributed by atoms with Crippen LogP contribution >= 0.6 is 0 Å². The summed E-state index contributed by atoms with van der Waals surface area (Å²) < 4.78 is 4.66. The van der Waals surface area contributed by atoms with E-state index in [0.717, 1.165) is 17.7 Å². The SMILES string of the molecule is CCOC(=O)/C=C/C(=O)Nc1ccc(CC(=O)NC)cc1. The Labute approximate surface area is 123 Å². The Morgan fingerprint density at radius 1 is 1.14 bits per heavy atom. The third-order valence-electron chi connectivity index (χ3n) is 2.52. The van der Waals surface area contributed by atoms with E-state index >= 15 is 0 Å². The van der Waals surface area contributed by atoms with Gasteiger partial charge in [0, 0.05) is 24.9 Å². The number of hydrogen-bond acceptors (Lipinski definition) is 4. The lowest BCUT2D eigenvalue weighted by Crippen LogP contribution is -2.19. The molecule has 21 heavy (non-hydrogen) atoms. The molecule has 1 aromatic carbocycles. The molecule has 0 spiro atoms. The monoisotopic (exact) mass is 290 g/mol. The van der Waals surface area contributed by atoms with Crippen LogP contribution in [-0.2, 0) is 25.5 Å². The van der Waals surface area contributed by atoms with E-state index in [9.17, 15) is 14.4 Å². The molecule has 0 saturated heterocycles. The lowest BCUT2D eigenvalue weighted by molar-refractivity contribution is -0.137. The highest BCUT2D eigenvalue weighted by molar-refractivity contribution is 6.02. The molecule has 112 valence electrons. The molecule has 0 aliphatic heterocycles. The minimum Gasteiger partial charge on any atom is -0.463 e. The first-order valence-corrected chi connectivity index (χ1v) is 6.50. The Balaban J connectivity index is 2.53.